The molecule has 154 valence electrons. The van der Waals surface area contributed by atoms with Crippen LogP contribution in [0.1, 0.15) is 53.4 Å². The predicted octanol–water partition coefficient (Wildman–Crippen LogP) is 2.80. The van der Waals surface area contributed by atoms with Crippen LogP contribution in [-0.4, -0.2) is 54.0 Å². The number of hydrogen-bond donors (Lipinski definition) is 2. The number of carbonyl (C=O) groups is 3. The lowest BCUT2D eigenvalue weighted by molar-refractivity contribution is -0.123. The largest absolute Gasteiger partial charge is 0.394 e. The van der Waals surface area contributed by atoms with Gasteiger partial charge < -0.3 is 24.9 Å². The third-order valence-electron chi connectivity index (χ3n) is 4.23. The zero-order valence-electron chi connectivity index (χ0n) is 17.2. The van der Waals surface area contributed by atoms with Crippen molar-refractivity contribution in [3.63, 3.8) is 0 Å². The molecule has 1 rings (SSSR count). The first-order valence-electron chi connectivity index (χ1n) is 9.26. The Morgan fingerprint density at radius 1 is 1.33 bits per heavy atom. The number of methoxy groups -OCH3 is 1. The van der Waals surface area contributed by atoms with Gasteiger partial charge >= 0.3 is 6.03 Å². The second-order valence-electron chi connectivity index (χ2n) is 6.80. The van der Waals surface area contributed by atoms with Gasteiger partial charge in [0.25, 0.3) is 0 Å². The average molecular weight is 383 g/mol. The van der Waals surface area contributed by atoms with Crippen molar-refractivity contribution >= 4 is 17.6 Å². The van der Waals surface area contributed by atoms with Gasteiger partial charge in [-0.3, -0.25) is 4.79 Å². The molecule has 0 aliphatic carbocycles. The van der Waals surface area contributed by atoms with Gasteiger partial charge in [0.05, 0.1) is 12.7 Å². The van der Waals surface area contributed by atoms with E-state index in [4.69, 9.17) is 9.84 Å². The van der Waals surface area contributed by atoms with Crippen molar-refractivity contribution in [3.8, 4) is 0 Å². The summed E-state index contributed by atoms with van der Waals surface area (Å²) in [7, 11) is 1.55. The van der Waals surface area contributed by atoms with Crippen molar-refractivity contribution in [2.45, 2.75) is 59.5 Å². The number of nitrogens with one attached hydrogen (secondary N) is 1. The summed E-state index contributed by atoms with van der Waals surface area (Å²) in [5, 5.41) is 11.8. The van der Waals surface area contributed by atoms with Crippen molar-refractivity contribution < 1.29 is 24.2 Å². The second kappa shape index (κ2) is 13.2. The molecule has 2 N–H and O–H groups in total. The summed E-state index contributed by atoms with van der Waals surface area (Å²) in [5.41, 5.74) is 1.55. The number of aliphatic hydroxyl groups excluding tert-OH is 1. The summed E-state index contributed by atoms with van der Waals surface area (Å²) in [4.78, 5) is 34.5. The van der Waals surface area contributed by atoms with Crippen LogP contribution in [0.25, 0.3) is 0 Å². The van der Waals surface area contributed by atoms with Crippen molar-refractivity contribution in [2.24, 2.45) is 5.92 Å². The fraction of sp³-hybridized carbons (Fsp3) is 0.650. The van der Waals surface area contributed by atoms with Crippen LogP contribution in [0.3, 0.4) is 0 Å². The maximum absolute atomic E-state index is 11.7. The van der Waals surface area contributed by atoms with Crippen LogP contribution >= 0.6 is 0 Å². The molecule has 1 aliphatic heterocycles. The Hall–Kier alpha value is -1.99. The maximum atomic E-state index is 11.7. The van der Waals surface area contributed by atoms with E-state index in [0.717, 1.165) is 12.0 Å². The van der Waals surface area contributed by atoms with Crippen molar-refractivity contribution in [1.29, 1.82) is 0 Å². The van der Waals surface area contributed by atoms with E-state index in [1.165, 1.54) is 6.92 Å². The van der Waals surface area contributed by atoms with Gasteiger partial charge in [-0.15, -0.1) is 0 Å². The highest BCUT2D eigenvalue weighted by atomic mass is 16.5. The molecule has 0 spiro atoms. The Kier molecular flexibility index (Phi) is 12.2. The van der Waals surface area contributed by atoms with Gasteiger partial charge in [0.1, 0.15) is 11.6 Å². The topological polar surface area (TPSA) is 95.9 Å². The third kappa shape index (κ3) is 10.1. The Morgan fingerprint density at radius 3 is 2.44 bits per heavy atom. The summed E-state index contributed by atoms with van der Waals surface area (Å²) in [5.74, 6) is 0.355. The third-order valence-corrected chi connectivity index (χ3v) is 4.23. The Balaban J connectivity index is 0.000000580. The minimum Gasteiger partial charge on any atom is -0.394 e. The zero-order chi connectivity index (χ0) is 21.0. The lowest BCUT2D eigenvalue weighted by Crippen LogP contribution is -2.44. The molecule has 0 aromatic rings. The number of rotatable bonds is 10. The molecule has 7 heteroatoms. The first-order chi connectivity index (χ1) is 12.7. The van der Waals surface area contributed by atoms with Crippen molar-refractivity contribution in [3.05, 3.63) is 24.0 Å². The van der Waals surface area contributed by atoms with E-state index in [0.29, 0.717) is 31.5 Å². The molecule has 0 radical (unpaired) electrons. The molecule has 0 bridgehead atoms. The van der Waals surface area contributed by atoms with Crippen LogP contribution in [0.5, 0.6) is 0 Å². The number of Topliss-reactive ketones (excluding diaryl/α,β-unsaturated/α-hetero) is 2. The molecule has 0 fully saturated rings. The molecule has 0 aromatic carbocycles. The number of aliphatic hydroxyl groups is 1. The Bertz CT molecular complexity index is 553. The van der Waals surface area contributed by atoms with Gasteiger partial charge in [0, 0.05) is 50.7 Å². The standard InChI is InChI=1S/C12H20N2O3.C8H14O2/c1-8-5-14(12(16)13-10(8)3)6-9(2)11(7-15)17-4;1-3-4-8(10)6-5-7(2)9/h5,9,11,15H,3,6-7H2,1-2,4H3,(H,13,16);3-6H2,1-2H3. The number of ether oxygens (including phenoxy) is 1. The number of ketones is 2. The summed E-state index contributed by atoms with van der Waals surface area (Å²) in [6.07, 6.45) is 3.86. The Labute approximate surface area is 162 Å². The summed E-state index contributed by atoms with van der Waals surface area (Å²) in [6.45, 7) is 11.5. The molecule has 2 amide bonds. The minimum absolute atomic E-state index is 0.0474. The van der Waals surface area contributed by atoms with Crippen LogP contribution in [0, 0.1) is 5.92 Å². The van der Waals surface area contributed by atoms with E-state index in [1.807, 2.05) is 20.8 Å². The zero-order valence-corrected chi connectivity index (χ0v) is 17.2. The van der Waals surface area contributed by atoms with E-state index in [-0.39, 0.29) is 36.2 Å². The van der Waals surface area contributed by atoms with Gasteiger partial charge in [-0.25, -0.2) is 4.79 Å². The van der Waals surface area contributed by atoms with E-state index in [1.54, 1.807) is 18.2 Å². The number of hydrogen-bond acceptors (Lipinski definition) is 5. The lowest BCUT2D eigenvalue weighted by atomic mass is 10.0. The number of nitrogens with zero attached hydrogens (tertiary/aromatic N) is 1. The first-order valence-corrected chi connectivity index (χ1v) is 9.26. The SMILES string of the molecule is C=C1NC(=O)N(CC(C)C(CO)OC)C=C1C.CCCC(=O)CCC(C)=O. The monoisotopic (exact) mass is 382 g/mol. The van der Waals surface area contributed by atoms with Crippen LogP contribution in [0.15, 0.2) is 24.0 Å². The molecule has 0 aromatic heterocycles. The van der Waals surface area contributed by atoms with E-state index in [2.05, 4.69) is 11.9 Å². The molecule has 2 atom stereocenters. The van der Waals surface area contributed by atoms with Crippen LogP contribution < -0.4 is 5.32 Å². The Morgan fingerprint density at radius 2 is 1.96 bits per heavy atom. The van der Waals surface area contributed by atoms with E-state index < -0.39 is 0 Å². The fourth-order valence-electron chi connectivity index (χ4n) is 2.44. The second-order valence-corrected chi connectivity index (χ2v) is 6.80. The molecule has 1 heterocycles. The summed E-state index contributed by atoms with van der Waals surface area (Å²) in [6, 6.07) is -0.194. The average Bonchev–Trinajstić information content (AvgIpc) is 2.60. The number of urea groups is 1. The normalized spacial score (nSPS) is 15.9. The summed E-state index contributed by atoms with van der Waals surface area (Å²) < 4.78 is 5.14. The predicted molar refractivity (Wildman–Crippen MR) is 105 cm³/mol. The van der Waals surface area contributed by atoms with Crippen molar-refractivity contribution in [1.82, 2.24) is 10.2 Å². The number of amides is 2. The van der Waals surface area contributed by atoms with Gasteiger partial charge in [0.15, 0.2) is 0 Å². The molecule has 7 nitrogen and oxygen atoms in total. The van der Waals surface area contributed by atoms with E-state index >= 15 is 0 Å². The molecule has 27 heavy (non-hydrogen) atoms. The van der Waals surface area contributed by atoms with Crippen LogP contribution in [0.2, 0.25) is 0 Å². The lowest BCUT2D eigenvalue weighted by Gasteiger charge is -2.30. The van der Waals surface area contributed by atoms with Gasteiger partial charge in [-0.05, 0) is 25.8 Å². The summed E-state index contributed by atoms with van der Waals surface area (Å²) >= 11 is 0. The van der Waals surface area contributed by atoms with Gasteiger partial charge in [0.2, 0.25) is 0 Å². The maximum Gasteiger partial charge on any atom is 0.325 e. The molecule has 0 saturated carbocycles. The smallest absolute Gasteiger partial charge is 0.325 e. The highest BCUT2D eigenvalue weighted by Gasteiger charge is 2.24. The van der Waals surface area contributed by atoms with Crippen LogP contribution in [0.4, 0.5) is 4.79 Å². The number of carbonyl (C=O) groups excluding carboxylic acids is 3. The molecule has 1 aliphatic rings. The minimum atomic E-state index is -0.262. The quantitative estimate of drug-likeness (QED) is 0.606. The van der Waals surface area contributed by atoms with E-state index in [9.17, 15) is 14.4 Å². The highest BCUT2D eigenvalue weighted by Crippen LogP contribution is 2.16. The highest BCUT2D eigenvalue weighted by molar-refractivity contribution is 5.84. The van der Waals surface area contributed by atoms with Crippen molar-refractivity contribution in [2.75, 3.05) is 20.3 Å². The van der Waals surface area contributed by atoms with Gasteiger partial charge in [-0.2, -0.15) is 0 Å². The molecule has 2 unspecified atom stereocenters. The number of allylic oxidation sites excluding steroid dienone is 1. The first kappa shape index (κ1) is 25.0. The van der Waals surface area contributed by atoms with Crippen LogP contribution in [-0.2, 0) is 14.3 Å². The molecular weight excluding hydrogens is 348 g/mol. The molecule has 0 saturated heterocycles. The fourth-order valence-corrected chi connectivity index (χ4v) is 2.44. The van der Waals surface area contributed by atoms with Gasteiger partial charge in [-0.1, -0.05) is 20.4 Å². The molecular formula is C20H34N2O5.